The van der Waals surface area contributed by atoms with Crippen LogP contribution in [0.25, 0.3) is 0 Å². The largest absolute Gasteiger partial charge is 0.478 e. The predicted molar refractivity (Wildman–Crippen MR) is 73.0 cm³/mol. The first-order chi connectivity index (χ1) is 9.56. The van der Waals surface area contributed by atoms with Crippen molar-refractivity contribution in [3.63, 3.8) is 0 Å². The fourth-order valence-corrected chi connectivity index (χ4v) is 1.73. The number of rotatable bonds is 4. The summed E-state index contributed by atoms with van der Waals surface area (Å²) in [4.78, 5) is 22.7. The lowest BCUT2D eigenvalue weighted by molar-refractivity contribution is 0.0698. The molecular formula is C13H11ClN2O4. The van der Waals surface area contributed by atoms with E-state index in [-0.39, 0.29) is 17.8 Å². The minimum Gasteiger partial charge on any atom is -0.478 e. The summed E-state index contributed by atoms with van der Waals surface area (Å²) in [5.74, 6) is -0.562. The van der Waals surface area contributed by atoms with Gasteiger partial charge in [0.25, 0.3) is 0 Å². The molecule has 0 spiro atoms. The number of anilines is 1. The summed E-state index contributed by atoms with van der Waals surface area (Å²) >= 11 is 5.78. The van der Waals surface area contributed by atoms with Gasteiger partial charge in [-0.3, -0.25) is 0 Å². The fraction of sp³-hybridized carbons (Fsp3) is 0.0769. The number of furan rings is 1. The first-order valence-corrected chi connectivity index (χ1v) is 6.04. The van der Waals surface area contributed by atoms with Gasteiger partial charge in [0.15, 0.2) is 0 Å². The number of carboxylic acid groups (broad SMARTS) is 1. The van der Waals surface area contributed by atoms with Crippen LogP contribution in [0.4, 0.5) is 10.5 Å². The highest BCUT2D eigenvalue weighted by Gasteiger charge is 2.13. The number of benzene rings is 1. The zero-order valence-electron chi connectivity index (χ0n) is 10.2. The third-order valence-electron chi connectivity index (χ3n) is 2.46. The maximum absolute atomic E-state index is 11.7. The SMILES string of the molecule is O=C(NCc1ccco1)Nc1cc(Cl)ccc1C(=O)O. The number of nitrogens with one attached hydrogen (secondary N) is 2. The zero-order chi connectivity index (χ0) is 14.5. The van der Waals surface area contributed by atoms with Crippen molar-refractivity contribution in [2.75, 3.05) is 5.32 Å². The summed E-state index contributed by atoms with van der Waals surface area (Å²) in [5, 5.41) is 14.3. The topological polar surface area (TPSA) is 91.6 Å². The lowest BCUT2D eigenvalue weighted by atomic mass is 10.2. The molecule has 6 nitrogen and oxygen atoms in total. The fourth-order valence-electron chi connectivity index (χ4n) is 1.55. The molecule has 0 radical (unpaired) electrons. The van der Waals surface area contributed by atoms with Gasteiger partial charge in [0, 0.05) is 5.02 Å². The van der Waals surface area contributed by atoms with Gasteiger partial charge in [-0.25, -0.2) is 9.59 Å². The summed E-state index contributed by atoms with van der Waals surface area (Å²) in [6.07, 6.45) is 1.49. The van der Waals surface area contributed by atoms with Crippen LogP contribution in [-0.2, 0) is 6.54 Å². The number of hydrogen-bond acceptors (Lipinski definition) is 3. The van der Waals surface area contributed by atoms with Crippen LogP contribution in [0.1, 0.15) is 16.1 Å². The van der Waals surface area contributed by atoms with E-state index in [1.165, 1.54) is 24.5 Å². The van der Waals surface area contributed by atoms with Gasteiger partial charge in [-0.05, 0) is 30.3 Å². The van der Waals surface area contributed by atoms with Crippen molar-refractivity contribution >= 4 is 29.3 Å². The van der Waals surface area contributed by atoms with Crippen molar-refractivity contribution in [3.8, 4) is 0 Å². The molecule has 7 heteroatoms. The molecule has 2 aromatic rings. The first kappa shape index (κ1) is 14.0. The standard InChI is InChI=1S/C13H11ClN2O4/c14-8-3-4-10(12(17)18)11(6-8)16-13(19)15-7-9-2-1-5-20-9/h1-6H,7H2,(H,17,18)(H2,15,16,19). The maximum atomic E-state index is 11.7. The molecule has 0 saturated carbocycles. The Bertz CT molecular complexity index is 625. The van der Waals surface area contributed by atoms with Crippen LogP contribution in [0.5, 0.6) is 0 Å². The Balaban J connectivity index is 2.03. The van der Waals surface area contributed by atoms with E-state index in [0.717, 1.165) is 0 Å². The number of amides is 2. The molecule has 0 aliphatic carbocycles. The summed E-state index contributed by atoms with van der Waals surface area (Å²) in [7, 11) is 0. The van der Waals surface area contributed by atoms with Crippen LogP contribution in [0.3, 0.4) is 0 Å². The van der Waals surface area contributed by atoms with E-state index in [1.807, 2.05) is 0 Å². The summed E-state index contributed by atoms with van der Waals surface area (Å²) in [5.41, 5.74) is 0.0875. The highest BCUT2D eigenvalue weighted by atomic mass is 35.5. The van der Waals surface area contributed by atoms with E-state index in [4.69, 9.17) is 21.1 Å². The van der Waals surface area contributed by atoms with Gasteiger partial charge in [0.05, 0.1) is 24.1 Å². The smallest absolute Gasteiger partial charge is 0.337 e. The molecule has 104 valence electrons. The van der Waals surface area contributed by atoms with Crippen molar-refractivity contribution in [3.05, 3.63) is 52.9 Å². The Morgan fingerprint density at radius 1 is 1.30 bits per heavy atom. The minimum absolute atomic E-state index is 0.0393. The summed E-state index contributed by atoms with van der Waals surface area (Å²) in [6.45, 7) is 0.196. The van der Waals surface area contributed by atoms with Crippen molar-refractivity contribution in [1.82, 2.24) is 5.32 Å². The lowest BCUT2D eigenvalue weighted by Crippen LogP contribution is -2.28. The highest BCUT2D eigenvalue weighted by molar-refractivity contribution is 6.31. The van der Waals surface area contributed by atoms with Crippen LogP contribution in [-0.4, -0.2) is 17.1 Å². The van der Waals surface area contributed by atoms with Crippen molar-refractivity contribution in [1.29, 1.82) is 0 Å². The average Bonchev–Trinajstić information content (AvgIpc) is 2.89. The van der Waals surface area contributed by atoms with Gasteiger partial charge >= 0.3 is 12.0 Å². The van der Waals surface area contributed by atoms with Gasteiger partial charge in [-0.15, -0.1) is 0 Å². The van der Waals surface area contributed by atoms with Crippen LogP contribution in [0, 0.1) is 0 Å². The molecule has 1 heterocycles. The van der Waals surface area contributed by atoms with Gasteiger partial charge in [0.1, 0.15) is 5.76 Å². The quantitative estimate of drug-likeness (QED) is 0.808. The number of hydrogen-bond donors (Lipinski definition) is 3. The molecule has 0 aliphatic heterocycles. The molecular weight excluding hydrogens is 284 g/mol. The summed E-state index contributed by atoms with van der Waals surface area (Å²) < 4.78 is 5.06. The third kappa shape index (κ3) is 3.52. The Labute approximate surface area is 119 Å². The van der Waals surface area contributed by atoms with Crippen molar-refractivity contribution < 1.29 is 19.1 Å². The third-order valence-corrected chi connectivity index (χ3v) is 2.70. The van der Waals surface area contributed by atoms with E-state index in [1.54, 1.807) is 12.1 Å². The second kappa shape index (κ2) is 6.12. The van der Waals surface area contributed by atoms with Crippen LogP contribution < -0.4 is 10.6 Å². The van der Waals surface area contributed by atoms with E-state index >= 15 is 0 Å². The highest BCUT2D eigenvalue weighted by Crippen LogP contribution is 2.21. The molecule has 0 fully saturated rings. The molecule has 3 N–H and O–H groups in total. The summed E-state index contributed by atoms with van der Waals surface area (Å²) in [6, 6.07) is 7.00. The van der Waals surface area contributed by atoms with E-state index in [9.17, 15) is 9.59 Å². The van der Waals surface area contributed by atoms with E-state index in [0.29, 0.717) is 10.8 Å². The molecule has 0 saturated heterocycles. The van der Waals surface area contributed by atoms with Gasteiger partial charge < -0.3 is 20.2 Å². The van der Waals surface area contributed by atoms with Gasteiger partial charge in [0.2, 0.25) is 0 Å². The van der Waals surface area contributed by atoms with Crippen LogP contribution in [0.2, 0.25) is 5.02 Å². The second-order valence-electron chi connectivity index (χ2n) is 3.88. The average molecular weight is 295 g/mol. The van der Waals surface area contributed by atoms with Crippen molar-refractivity contribution in [2.45, 2.75) is 6.54 Å². The number of halogens is 1. The molecule has 0 bridgehead atoms. The molecule has 2 amide bonds. The predicted octanol–water partition coefficient (Wildman–Crippen LogP) is 2.95. The minimum atomic E-state index is -1.15. The van der Waals surface area contributed by atoms with Gasteiger partial charge in [-0.2, -0.15) is 0 Å². The Hall–Kier alpha value is -2.47. The number of aromatic carboxylic acids is 1. The second-order valence-corrected chi connectivity index (χ2v) is 4.32. The molecule has 1 aromatic carbocycles. The van der Waals surface area contributed by atoms with Gasteiger partial charge in [-0.1, -0.05) is 11.6 Å². The van der Waals surface area contributed by atoms with Crippen LogP contribution in [0.15, 0.2) is 41.0 Å². The number of carboxylic acids is 1. The van der Waals surface area contributed by atoms with Crippen molar-refractivity contribution in [2.24, 2.45) is 0 Å². The lowest BCUT2D eigenvalue weighted by Gasteiger charge is -2.09. The van der Waals surface area contributed by atoms with E-state index < -0.39 is 12.0 Å². The Kier molecular flexibility index (Phi) is 4.27. The zero-order valence-corrected chi connectivity index (χ0v) is 11.0. The normalized spacial score (nSPS) is 10.1. The van der Waals surface area contributed by atoms with E-state index in [2.05, 4.69) is 10.6 Å². The molecule has 20 heavy (non-hydrogen) atoms. The number of carbonyl (C=O) groups excluding carboxylic acids is 1. The maximum Gasteiger partial charge on any atom is 0.337 e. The first-order valence-electron chi connectivity index (χ1n) is 5.66. The molecule has 0 unspecified atom stereocenters. The van der Waals surface area contributed by atoms with Crippen LogP contribution >= 0.6 is 11.6 Å². The molecule has 1 aromatic heterocycles. The molecule has 0 aliphatic rings. The Morgan fingerprint density at radius 3 is 2.75 bits per heavy atom. The number of carbonyl (C=O) groups is 2. The monoisotopic (exact) mass is 294 g/mol. The number of urea groups is 1. The molecule has 2 rings (SSSR count). The molecule has 0 atom stereocenters. The Morgan fingerprint density at radius 2 is 2.10 bits per heavy atom.